The predicted octanol–water partition coefficient (Wildman–Crippen LogP) is 3.38. The van der Waals surface area contributed by atoms with Gasteiger partial charge in [-0.3, -0.25) is 14.4 Å². The minimum atomic E-state index is -0.458. The Balaban J connectivity index is 1.53. The average molecular weight is 453 g/mol. The quantitative estimate of drug-likeness (QED) is 0.535. The molecule has 1 aliphatic heterocycles. The third-order valence-corrected chi connectivity index (χ3v) is 6.93. The van der Waals surface area contributed by atoms with Crippen molar-refractivity contribution in [3.63, 3.8) is 0 Å². The van der Waals surface area contributed by atoms with Gasteiger partial charge in [0, 0.05) is 24.2 Å². The first-order valence-electron chi connectivity index (χ1n) is 9.65. The summed E-state index contributed by atoms with van der Waals surface area (Å²) in [5, 5.41) is 3.55. The second-order valence-electron chi connectivity index (χ2n) is 7.01. The first kappa shape index (κ1) is 21.1. The Hall–Kier alpha value is -3.17. The summed E-state index contributed by atoms with van der Waals surface area (Å²) in [6.45, 7) is 0.331. The fourth-order valence-corrected chi connectivity index (χ4v) is 5.13. The van der Waals surface area contributed by atoms with Crippen molar-refractivity contribution in [1.29, 1.82) is 0 Å². The summed E-state index contributed by atoms with van der Waals surface area (Å²) in [5.74, 6) is -1.08. The Labute approximate surface area is 187 Å². The first-order chi connectivity index (χ1) is 15.0. The lowest BCUT2D eigenvalue weighted by atomic mass is 10.1. The highest BCUT2D eigenvalue weighted by molar-refractivity contribution is 8.01. The van der Waals surface area contributed by atoms with E-state index in [-0.39, 0.29) is 24.0 Å². The molecule has 9 heteroatoms. The molecule has 0 aliphatic carbocycles. The molecule has 1 saturated heterocycles. The average Bonchev–Trinajstić information content (AvgIpc) is 3.37. The summed E-state index contributed by atoms with van der Waals surface area (Å²) in [6.07, 6.45) is 0.156. The zero-order valence-electron chi connectivity index (χ0n) is 16.5. The molecule has 1 aliphatic rings. The molecule has 0 radical (unpaired) electrons. The van der Waals surface area contributed by atoms with E-state index in [1.807, 2.05) is 60.7 Å². The van der Waals surface area contributed by atoms with Gasteiger partial charge in [-0.15, -0.1) is 0 Å². The van der Waals surface area contributed by atoms with Crippen LogP contribution in [0.1, 0.15) is 6.42 Å². The molecule has 7 nitrogen and oxygen atoms in total. The molecule has 3 aromatic rings. The van der Waals surface area contributed by atoms with Crippen molar-refractivity contribution in [2.75, 3.05) is 22.5 Å². The number of aromatic nitrogens is 1. The van der Waals surface area contributed by atoms with Crippen LogP contribution in [0.4, 0.5) is 10.7 Å². The van der Waals surface area contributed by atoms with Crippen LogP contribution < -0.4 is 16.0 Å². The van der Waals surface area contributed by atoms with Crippen molar-refractivity contribution in [3.05, 3.63) is 60.7 Å². The van der Waals surface area contributed by atoms with Gasteiger partial charge in [-0.25, -0.2) is 4.98 Å². The van der Waals surface area contributed by atoms with Crippen LogP contribution in [0, 0.1) is 5.92 Å². The van der Waals surface area contributed by atoms with E-state index in [0.717, 1.165) is 11.3 Å². The van der Waals surface area contributed by atoms with Crippen LogP contribution in [0.2, 0.25) is 0 Å². The topological polar surface area (TPSA) is 105 Å². The van der Waals surface area contributed by atoms with Crippen molar-refractivity contribution >= 4 is 51.5 Å². The lowest BCUT2D eigenvalue weighted by Crippen LogP contribution is -2.28. The molecule has 2 aromatic carbocycles. The molecule has 1 unspecified atom stereocenters. The van der Waals surface area contributed by atoms with Gasteiger partial charge >= 0.3 is 0 Å². The van der Waals surface area contributed by atoms with Crippen molar-refractivity contribution in [2.24, 2.45) is 11.7 Å². The Bertz CT molecular complexity index is 1100. The fourth-order valence-electron chi connectivity index (χ4n) is 3.33. The van der Waals surface area contributed by atoms with Crippen LogP contribution in [0.25, 0.3) is 11.3 Å². The molecule has 0 spiro atoms. The maximum absolute atomic E-state index is 13.0. The van der Waals surface area contributed by atoms with E-state index in [4.69, 9.17) is 5.73 Å². The highest BCUT2D eigenvalue weighted by atomic mass is 32.2. The number of benzene rings is 2. The highest BCUT2D eigenvalue weighted by Crippen LogP contribution is 2.38. The molecule has 1 fully saturated rings. The van der Waals surface area contributed by atoms with Crippen LogP contribution >= 0.6 is 23.1 Å². The molecule has 3 N–H and O–H groups in total. The normalized spacial score (nSPS) is 15.8. The molecule has 2 heterocycles. The van der Waals surface area contributed by atoms with Crippen LogP contribution in [-0.2, 0) is 14.4 Å². The van der Waals surface area contributed by atoms with Gasteiger partial charge < -0.3 is 16.0 Å². The first-order valence-corrected chi connectivity index (χ1v) is 11.4. The molecule has 158 valence electrons. The molecule has 1 aromatic heterocycles. The highest BCUT2D eigenvalue weighted by Gasteiger charge is 2.35. The predicted molar refractivity (Wildman–Crippen MR) is 123 cm³/mol. The SMILES string of the molecule is NC(=O)CSc1nc(-c2ccccc2)c(NC(=O)C2CC(=O)N(c3ccccc3)C2)s1. The summed E-state index contributed by atoms with van der Waals surface area (Å²) < 4.78 is 0.640. The maximum Gasteiger partial charge on any atom is 0.230 e. The standard InChI is InChI=1S/C22H20N4O3S2/c23-17(27)13-30-22-24-19(14-7-3-1-4-8-14)21(31-22)25-20(29)15-11-18(28)26(12-15)16-9-5-2-6-10-16/h1-10,15H,11-13H2,(H2,23,27)(H,25,29). The second-order valence-corrected chi connectivity index (χ2v) is 9.23. The number of carbonyl (C=O) groups excluding carboxylic acids is 3. The minimum absolute atomic E-state index is 0.0726. The van der Waals surface area contributed by atoms with E-state index in [1.54, 1.807) is 4.90 Å². The maximum atomic E-state index is 13.0. The Morgan fingerprint density at radius 3 is 2.48 bits per heavy atom. The number of amides is 3. The smallest absolute Gasteiger partial charge is 0.230 e. The van der Waals surface area contributed by atoms with Crippen molar-refractivity contribution in [3.8, 4) is 11.3 Å². The monoisotopic (exact) mass is 452 g/mol. The van der Waals surface area contributed by atoms with E-state index in [2.05, 4.69) is 10.3 Å². The number of hydrogen-bond acceptors (Lipinski definition) is 6. The number of nitrogens with zero attached hydrogens (tertiary/aromatic N) is 2. The lowest BCUT2D eigenvalue weighted by molar-refractivity contribution is -0.122. The number of primary amides is 1. The van der Waals surface area contributed by atoms with Gasteiger partial charge in [-0.2, -0.15) is 0 Å². The fraction of sp³-hybridized carbons (Fsp3) is 0.182. The van der Waals surface area contributed by atoms with Crippen molar-refractivity contribution < 1.29 is 14.4 Å². The number of thioether (sulfide) groups is 1. The number of anilines is 2. The van der Waals surface area contributed by atoms with Gasteiger partial charge in [0.2, 0.25) is 17.7 Å². The number of hydrogen-bond donors (Lipinski definition) is 2. The number of nitrogens with two attached hydrogens (primary N) is 1. The van der Waals surface area contributed by atoms with Crippen LogP contribution in [-0.4, -0.2) is 35.0 Å². The zero-order valence-corrected chi connectivity index (χ0v) is 18.1. The number of para-hydroxylation sites is 1. The number of nitrogens with one attached hydrogen (secondary N) is 1. The van der Waals surface area contributed by atoms with E-state index in [9.17, 15) is 14.4 Å². The van der Waals surface area contributed by atoms with Gasteiger partial charge in [0.15, 0.2) is 4.34 Å². The molecule has 31 heavy (non-hydrogen) atoms. The number of carbonyl (C=O) groups is 3. The Morgan fingerprint density at radius 1 is 1.13 bits per heavy atom. The van der Waals surface area contributed by atoms with Gasteiger partial charge in [0.05, 0.1) is 11.7 Å². The van der Waals surface area contributed by atoms with E-state index >= 15 is 0 Å². The molecule has 3 amide bonds. The molecular weight excluding hydrogens is 432 g/mol. The lowest BCUT2D eigenvalue weighted by Gasteiger charge is -2.16. The molecule has 0 bridgehead atoms. The summed E-state index contributed by atoms with van der Waals surface area (Å²) in [6, 6.07) is 18.8. The molecule has 1 atom stereocenters. The van der Waals surface area contributed by atoms with Crippen LogP contribution in [0.3, 0.4) is 0 Å². The van der Waals surface area contributed by atoms with Crippen LogP contribution in [0.15, 0.2) is 65.0 Å². The molecule has 4 rings (SSSR count). The van der Waals surface area contributed by atoms with E-state index in [1.165, 1.54) is 23.1 Å². The van der Waals surface area contributed by atoms with Gasteiger partial charge in [-0.05, 0) is 12.1 Å². The summed E-state index contributed by atoms with van der Waals surface area (Å²) in [5.41, 5.74) is 7.52. The number of rotatable bonds is 7. The largest absolute Gasteiger partial charge is 0.369 e. The zero-order chi connectivity index (χ0) is 21.8. The second kappa shape index (κ2) is 9.32. The molecule has 0 saturated carbocycles. The van der Waals surface area contributed by atoms with Crippen molar-refractivity contribution in [1.82, 2.24) is 4.98 Å². The van der Waals surface area contributed by atoms with E-state index < -0.39 is 11.8 Å². The summed E-state index contributed by atoms with van der Waals surface area (Å²) in [4.78, 5) is 42.8. The molecular formula is C22H20N4O3S2. The third-order valence-electron chi connectivity index (χ3n) is 4.79. The minimum Gasteiger partial charge on any atom is -0.369 e. The van der Waals surface area contributed by atoms with Crippen LogP contribution in [0.5, 0.6) is 0 Å². The van der Waals surface area contributed by atoms with Crippen molar-refractivity contribution in [2.45, 2.75) is 10.8 Å². The third kappa shape index (κ3) is 4.95. The van der Waals surface area contributed by atoms with E-state index in [0.29, 0.717) is 21.6 Å². The van der Waals surface area contributed by atoms with Gasteiger partial charge in [0.1, 0.15) is 10.7 Å². The van der Waals surface area contributed by atoms with Gasteiger partial charge in [-0.1, -0.05) is 71.6 Å². The Kier molecular flexibility index (Phi) is 6.34. The summed E-state index contributed by atoms with van der Waals surface area (Å²) >= 11 is 2.53. The van der Waals surface area contributed by atoms with Gasteiger partial charge in [0.25, 0.3) is 0 Å². The Morgan fingerprint density at radius 2 is 1.81 bits per heavy atom. The number of thiazole rings is 1. The summed E-state index contributed by atoms with van der Waals surface area (Å²) in [7, 11) is 0.